The lowest BCUT2D eigenvalue weighted by molar-refractivity contribution is -0.389. The lowest BCUT2D eigenvalue weighted by atomic mass is 10.2. The SMILES string of the molecule is CCC(C(=O)Nc1cc(Sc2ccc(C)cc2)cc([N+](=O)[O-])c1)n1nc([N+](=O)[O-])cc1C. The highest BCUT2D eigenvalue weighted by Gasteiger charge is 2.27. The Kier molecular flexibility index (Phi) is 6.89. The van der Waals surface area contributed by atoms with E-state index in [0.717, 1.165) is 10.5 Å². The Labute approximate surface area is 187 Å². The van der Waals surface area contributed by atoms with Gasteiger partial charge < -0.3 is 15.4 Å². The molecule has 0 aliphatic carbocycles. The number of amides is 1. The average molecular weight is 455 g/mol. The number of nitrogens with one attached hydrogen (secondary N) is 1. The van der Waals surface area contributed by atoms with E-state index in [-0.39, 0.29) is 17.2 Å². The summed E-state index contributed by atoms with van der Waals surface area (Å²) in [6.45, 7) is 5.35. The zero-order chi connectivity index (χ0) is 23.4. The molecule has 3 aromatic rings. The number of hydrogen-bond acceptors (Lipinski definition) is 7. The number of aryl methyl sites for hydroxylation is 2. The third kappa shape index (κ3) is 5.30. The first-order valence-corrected chi connectivity index (χ1v) is 10.5. The van der Waals surface area contributed by atoms with Gasteiger partial charge in [-0.05, 0) is 43.4 Å². The van der Waals surface area contributed by atoms with Gasteiger partial charge in [0.2, 0.25) is 0 Å². The summed E-state index contributed by atoms with van der Waals surface area (Å²) < 4.78 is 1.30. The minimum Gasteiger partial charge on any atom is -0.358 e. The molecule has 1 amide bonds. The van der Waals surface area contributed by atoms with Gasteiger partial charge >= 0.3 is 5.82 Å². The largest absolute Gasteiger partial charge is 0.390 e. The molecule has 0 bridgehead atoms. The van der Waals surface area contributed by atoms with Crippen molar-refractivity contribution in [1.29, 1.82) is 0 Å². The lowest BCUT2D eigenvalue weighted by Gasteiger charge is -2.15. The summed E-state index contributed by atoms with van der Waals surface area (Å²) in [5.74, 6) is -0.818. The molecule has 0 fully saturated rings. The molecule has 1 aromatic heterocycles. The number of non-ortho nitro benzene ring substituents is 1. The van der Waals surface area contributed by atoms with Gasteiger partial charge in [0.05, 0.1) is 21.8 Å². The van der Waals surface area contributed by atoms with Crippen molar-refractivity contribution < 1.29 is 14.6 Å². The molecule has 10 nitrogen and oxygen atoms in total. The van der Waals surface area contributed by atoms with E-state index in [0.29, 0.717) is 17.0 Å². The van der Waals surface area contributed by atoms with Crippen molar-refractivity contribution in [3.05, 3.63) is 80.0 Å². The lowest BCUT2D eigenvalue weighted by Crippen LogP contribution is -2.27. The van der Waals surface area contributed by atoms with Gasteiger partial charge in [-0.15, -0.1) is 0 Å². The minimum absolute atomic E-state index is 0.156. The number of anilines is 1. The molecule has 3 rings (SSSR count). The predicted octanol–water partition coefficient (Wildman–Crippen LogP) is 5.06. The number of carbonyl (C=O) groups is 1. The van der Waals surface area contributed by atoms with E-state index >= 15 is 0 Å². The number of nitrogens with zero attached hydrogens (tertiary/aromatic N) is 4. The first kappa shape index (κ1) is 22.9. The third-order valence-electron chi connectivity index (χ3n) is 4.71. The summed E-state index contributed by atoms with van der Waals surface area (Å²) >= 11 is 1.34. The van der Waals surface area contributed by atoms with Gasteiger partial charge in [-0.3, -0.25) is 14.9 Å². The number of nitro benzene ring substituents is 1. The fourth-order valence-corrected chi connectivity index (χ4v) is 4.04. The van der Waals surface area contributed by atoms with Gasteiger partial charge in [-0.1, -0.05) is 36.4 Å². The van der Waals surface area contributed by atoms with Crippen molar-refractivity contribution in [1.82, 2.24) is 9.78 Å². The van der Waals surface area contributed by atoms with Crippen molar-refractivity contribution in [2.75, 3.05) is 5.32 Å². The molecule has 1 N–H and O–H groups in total. The molecule has 0 aliphatic heterocycles. The molecule has 2 aromatic carbocycles. The van der Waals surface area contributed by atoms with Crippen LogP contribution in [0.15, 0.2) is 58.3 Å². The first-order chi connectivity index (χ1) is 15.2. The highest BCUT2D eigenvalue weighted by atomic mass is 32.2. The quantitative estimate of drug-likeness (QED) is 0.371. The van der Waals surface area contributed by atoms with Crippen LogP contribution >= 0.6 is 11.8 Å². The standard InChI is InChI=1S/C21H21N5O5S/c1-4-19(24-14(3)9-20(23-24)26(30)31)21(27)22-15-10-16(25(28)29)12-18(11-15)32-17-7-5-13(2)6-8-17/h5-12,19H,4H2,1-3H3,(H,22,27). The predicted molar refractivity (Wildman–Crippen MR) is 120 cm³/mol. The van der Waals surface area contributed by atoms with E-state index in [2.05, 4.69) is 10.4 Å². The maximum atomic E-state index is 12.9. The van der Waals surface area contributed by atoms with E-state index in [1.807, 2.05) is 31.2 Å². The number of aromatic nitrogens is 2. The number of rotatable bonds is 8. The van der Waals surface area contributed by atoms with Crippen LogP contribution in [0.25, 0.3) is 0 Å². The van der Waals surface area contributed by atoms with E-state index < -0.39 is 21.8 Å². The highest BCUT2D eigenvalue weighted by molar-refractivity contribution is 7.99. The van der Waals surface area contributed by atoms with E-state index in [1.54, 1.807) is 19.9 Å². The fraction of sp³-hybridized carbons (Fsp3) is 0.238. The second kappa shape index (κ2) is 9.60. The van der Waals surface area contributed by atoms with Crippen LogP contribution in [0, 0.1) is 34.1 Å². The molecule has 11 heteroatoms. The Morgan fingerprint density at radius 3 is 2.31 bits per heavy atom. The minimum atomic E-state index is -0.809. The number of nitro groups is 2. The molecular weight excluding hydrogens is 434 g/mol. The third-order valence-corrected chi connectivity index (χ3v) is 5.69. The van der Waals surface area contributed by atoms with Crippen LogP contribution in [0.4, 0.5) is 17.2 Å². The monoisotopic (exact) mass is 455 g/mol. The summed E-state index contributed by atoms with van der Waals surface area (Å²) in [5.41, 5.74) is 1.67. The van der Waals surface area contributed by atoms with Crippen LogP contribution in [0.5, 0.6) is 0 Å². The molecule has 166 valence electrons. The zero-order valence-electron chi connectivity index (χ0n) is 17.6. The van der Waals surface area contributed by atoms with Crippen molar-refractivity contribution >= 4 is 34.9 Å². The van der Waals surface area contributed by atoms with Gasteiger partial charge in [-0.2, -0.15) is 4.68 Å². The molecule has 1 heterocycles. The van der Waals surface area contributed by atoms with Gasteiger partial charge in [-0.25, -0.2) is 0 Å². The van der Waals surface area contributed by atoms with Crippen molar-refractivity contribution in [2.45, 2.75) is 43.0 Å². The maximum Gasteiger partial charge on any atom is 0.390 e. The zero-order valence-corrected chi connectivity index (χ0v) is 18.5. The smallest absolute Gasteiger partial charge is 0.358 e. The van der Waals surface area contributed by atoms with Crippen LogP contribution < -0.4 is 5.32 Å². The fourth-order valence-electron chi connectivity index (χ4n) is 3.13. The highest BCUT2D eigenvalue weighted by Crippen LogP contribution is 2.33. The van der Waals surface area contributed by atoms with Gasteiger partial charge in [0, 0.05) is 27.6 Å². The normalized spacial score (nSPS) is 11.7. The van der Waals surface area contributed by atoms with Crippen LogP contribution in [0.1, 0.15) is 30.6 Å². The number of hydrogen-bond donors (Lipinski definition) is 1. The maximum absolute atomic E-state index is 12.9. The summed E-state index contributed by atoms with van der Waals surface area (Å²) in [6, 6.07) is 12.6. The Bertz CT molecular complexity index is 1180. The van der Waals surface area contributed by atoms with Crippen molar-refractivity contribution in [3.63, 3.8) is 0 Å². The molecule has 0 saturated heterocycles. The summed E-state index contributed by atoms with van der Waals surface area (Å²) in [7, 11) is 0. The number of benzene rings is 2. The second-order valence-electron chi connectivity index (χ2n) is 7.15. The Balaban J connectivity index is 1.88. The van der Waals surface area contributed by atoms with Crippen molar-refractivity contribution in [2.24, 2.45) is 0 Å². The molecule has 1 unspecified atom stereocenters. The molecule has 0 radical (unpaired) electrons. The van der Waals surface area contributed by atoms with Crippen LogP contribution in [-0.2, 0) is 4.79 Å². The molecule has 32 heavy (non-hydrogen) atoms. The Morgan fingerprint density at radius 2 is 1.75 bits per heavy atom. The topological polar surface area (TPSA) is 133 Å². The van der Waals surface area contributed by atoms with E-state index in [9.17, 15) is 25.0 Å². The van der Waals surface area contributed by atoms with E-state index in [4.69, 9.17) is 0 Å². The summed E-state index contributed by atoms with van der Waals surface area (Å²) in [4.78, 5) is 35.7. The first-order valence-electron chi connectivity index (χ1n) is 9.73. The van der Waals surface area contributed by atoms with E-state index in [1.165, 1.54) is 34.6 Å². The van der Waals surface area contributed by atoms with Gasteiger partial charge in [0.1, 0.15) is 0 Å². The van der Waals surface area contributed by atoms with Crippen LogP contribution in [0.2, 0.25) is 0 Å². The molecule has 0 saturated carbocycles. The Morgan fingerprint density at radius 1 is 1.06 bits per heavy atom. The second-order valence-corrected chi connectivity index (χ2v) is 8.29. The van der Waals surface area contributed by atoms with Gasteiger partial charge in [0.25, 0.3) is 11.6 Å². The van der Waals surface area contributed by atoms with Crippen LogP contribution in [-0.4, -0.2) is 25.5 Å². The van der Waals surface area contributed by atoms with Gasteiger partial charge in [0.15, 0.2) is 6.04 Å². The van der Waals surface area contributed by atoms with Crippen LogP contribution in [0.3, 0.4) is 0 Å². The van der Waals surface area contributed by atoms with Crippen molar-refractivity contribution in [3.8, 4) is 0 Å². The molecule has 0 spiro atoms. The molecule has 0 aliphatic rings. The molecule has 1 atom stereocenters. The average Bonchev–Trinajstić information content (AvgIpc) is 3.12. The summed E-state index contributed by atoms with van der Waals surface area (Å²) in [5, 5.41) is 29.0. The molecular formula is C21H21N5O5S. The summed E-state index contributed by atoms with van der Waals surface area (Å²) in [6.07, 6.45) is 0.325. The Hall–Kier alpha value is -3.73. The number of carbonyl (C=O) groups excluding carboxylic acids is 1.